The Bertz CT molecular complexity index is 888. The number of para-hydroxylation sites is 4. The van der Waals surface area contributed by atoms with E-state index >= 15 is 0 Å². The van der Waals surface area contributed by atoms with Crippen LogP contribution in [0.25, 0.3) is 0 Å². The number of nitro benzene ring substituents is 1. The number of anilines is 1. The predicted octanol–water partition coefficient (Wildman–Crippen LogP) is 1.38. The van der Waals surface area contributed by atoms with Crippen LogP contribution in [0.4, 0.5) is 11.4 Å². The number of hydrazine groups is 1. The number of rotatable bonds is 6. The first-order chi connectivity index (χ1) is 13.5. The molecule has 2 amide bonds. The fraction of sp³-hybridized carbons (Fsp3) is 0.222. The highest BCUT2D eigenvalue weighted by Crippen LogP contribution is 2.30. The molecule has 0 spiro atoms. The molecule has 10 nitrogen and oxygen atoms in total. The molecule has 0 aromatic heterocycles. The molecule has 2 aromatic rings. The summed E-state index contributed by atoms with van der Waals surface area (Å²) in [5, 5.41) is 13.8. The fourth-order valence-corrected chi connectivity index (χ4v) is 2.52. The fourth-order valence-electron chi connectivity index (χ4n) is 2.52. The Morgan fingerprint density at radius 1 is 1.07 bits per heavy atom. The first kappa shape index (κ1) is 19.0. The number of amides is 2. The van der Waals surface area contributed by atoms with E-state index in [1.54, 1.807) is 42.5 Å². The number of carbonyl (C=O) groups excluding carboxylic acids is 2. The Kier molecular flexibility index (Phi) is 5.90. The van der Waals surface area contributed by atoms with Gasteiger partial charge >= 0.3 is 0 Å². The van der Waals surface area contributed by atoms with Gasteiger partial charge in [0.05, 0.1) is 4.92 Å². The molecule has 1 aliphatic rings. The van der Waals surface area contributed by atoms with Crippen LogP contribution < -0.4 is 25.6 Å². The Morgan fingerprint density at radius 3 is 2.57 bits per heavy atom. The van der Waals surface area contributed by atoms with Crippen molar-refractivity contribution in [2.24, 2.45) is 0 Å². The van der Waals surface area contributed by atoms with Crippen molar-refractivity contribution in [3.05, 3.63) is 58.6 Å². The summed E-state index contributed by atoms with van der Waals surface area (Å²) in [6.07, 6.45) is -0.891. The van der Waals surface area contributed by atoms with Crippen molar-refractivity contribution in [2.45, 2.75) is 12.5 Å². The summed E-state index contributed by atoms with van der Waals surface area (Å²) in [5.41, 5.74) is 4.80. The zero-order chi connectivity index (χ0) is 19.9. The average molecular weight is 386 g/mol. The van der Waals surface area contributed by atoms with Crippen LogP contribution in [0.5, 0.6) is 11.5 Å². The van der Waals surface area contributed by atoms with Crippen LogP contribution in [0.3, 0.4) is 0 Å². The third kappa shape index (κ3) is 4.67. The summed E-state index contributed by atoms with van der Waals surface area (Å²) in [5.74, 6) is -0.00313. The smallest absolute Gasteiger partial charge is 0.292 e. The van der Waals surface area contributed by atoms with Crippen molar-refractivity contribution in [3.8, 4) is 11.5 Å². The van der Waals surface area contributed by atoms with E-state index in [-0.39, 0.29) is 25.3 Å². The maximum atomic E-state index is 12.1. The average Bonchev–Trinajstić information content (AvgIpc) is 2.72. The van der Waals surface area contributed by atoms with Gasteiger partial charge in [0, 0.05) is 19.0 Å². The molecule has 0 fully saturated rings. The molecule has 0 saturated carbocycles. The molecule has 1 atom stereocenters. The molecule has 1 heterocycles. The van der Waals surface area contributed by atoms with Gasteiger partial charge in [0.2, 0.25) is 12.0 Å². The van der Waals surface area contributed by atoms with E-state index < -0.39 is 22.8 Å². The van der Waals surface area contributed by atoms with Crippen molar-refractivity contribution >= 4 is 23.2 Å². The van der Waals surface area contributed by atoms with Gasteiger partial charge in [-0.15, -0.1) is 0 Å². The minimum absolute atomic E-state index is 0.00279. The molecule has 3 N–H and O–H groups in total. The van der Waals surface area contributed by atoms with Gasteiger partial charge < -0.3 is 14.8 Å². The molecule has 10 heteroatoms. The van der Waals surface area contributed by atoms with Crippen LogP contribution in [-0.4, -0.2) is 36.0 Å². The third-order valence-electron chi connectivity index (χ3n) is 3.89. The molecule has 146 valence electrons. The Balaban J connectivity index is 1.41. The highest BCUT2D eigenvalue weighted by Gasteiger charge is 2.27. The van der Waals surface area contributed by atoms with Gasteiger partial charge in [-0.1, -0.05) is 24.3 Å². The standard InChI is InChI=1S/C18H18N4O6/c23-17(9-10-19-12-5-1-2-6-13(12)22(25)26)20-21-18(24)16-11-27-14-7-3-4-8-15(14)28-16/h1-8,16,19H,9-11H2,(H,20,23)(H,21,24). The largest absolute Gasteiger partial charge is 0.485 e. The summed E-state index contributed by atoms with van der Waals surface area (Å²) in [6.45, 7) is 0.181. The minimum Gasteiger partial charge on any atom is -0.485 e. The number of benzene rings is 2. The van der Waals surface area contributed by atoms with Crippen LogP contribution in [0.15, 0.2) is 48.5 Å². The van der Waals surface area contributed by atoms with E-state index in [0.29, 0.717) is 17.2 Å². The quantitative estimate of drug-likeness (QED) is 0.505. The lowest BCUT2D eigenvalue weighted by molar-refractivity contribution is -0.384. The number of ether oxygens (including phenoxy) is 2. The van der Waals surface area contributed by atoms with Crippen molar-refractivity contribution < 1.29 is 24.0 Å². The van der Waals surface area contributed by atoms with Gasteiger partial charge in [0.1, 0.15) is 12.3 Å². The number of hydrogen-bond donors (Lipinski definition) is 3. The Morgan fingerprint density at radius 2 is 1.79 bits per heavy atom. The molecular formula is C18H18N4O6. The van der Waals surface area contributed by atoms with Crippen molar-refractivity contribution in [2.75, 3.05) is 18.5 Å². The maximum Gasteiger partial charge on any atom is 0.292 e. The Labute approximate surface area is 159 Å². The molecule has 28 heavy (non-hydrogen) atoms. The lowest BCUT2D eigenvalue weighted by atomic mass is 10.2. The van der Waals surface area contributed by atoms with Crippen LogP contribution in [0.1, 0.15) is 6.42 Å². The predicted molar refractivity (Wildman–Crippen MR) is 98.8 cm³/mol. The molecule has 1 aliphatic heterocycles. The van der Waals surface area contributed by atoms with Gasteiger partial charge in [-0.05, 0) is 18.2 Å². The second kappa shape index (κ2) is 8.71. The molecule has 0 radical (unpaired) electrons. The monoisotopic (exact) mass is 386 g/mol. The Hall–Kier alpha value is -3.82. The highest BCUT2D eigenvalue weighted by molar-refractivity contribution is 5.85. The van der Waals surface area contributed by atoms with Gasteiger partial charge in [-0.3, -0.25) is 30.6 Å². The van der Waals surface area contributed by atoms with E-state index in [2.05, 4.69) is 16.2 Å². The van der Waals surface area contributed by atoms with Crippen LogP contribution in [-0.2, 0) is 9.59 Å². The van der Waals surface area contributed by atoms with Crippen molar-refractivity contribution in [1.29, 1.82) is 0 Å². The van der Waals surface area contributed by atoms with E-state index in [1.807, 2.05) is 0 Å². The number of nitrogens with zero attached hydrogens (tertiary/aromatic N) is 1. The lowest BCUT2D eigenvalue weighted by Gasteiger charge is -2.25. The SMILES string of the molecule is O=C(CCNc1ccccc1[N+](=O)[O-])NNC(=O)C1COc2ccccc2O1. The maximum absolute atomic E-state index is 12.1. The summed E-state index contributed by atoms with van der Waals surface area (Å²) in [7, 11) is 0. The van der Waals surface area contributed by atoms with Gasteiger partial charge in [-0.2, -0.15) is 0 Å². The molecule has 0 saturated heterocycles. The lowest BCUT2D eigenvalue weighted by Crippen LogP contribution is -2.51. The number of nitro groups is 1. The second-order valence-electron chi connectivity index (χ2n) is 5.85. The van der Waals surface area contributed by atoms with Crippen LogP contribution in [0.2, 0.25) is 0 Å². The third-order valence-corrected chi connectivity index (χ3v) is 3.89. The molecule has 0 aliphatic carbocycles. The number of nitrogens with one attached hydrogen (secondary N) is 3. The highest BCUT2D eigenvalue weighted by atomic mass is 16.6. The molecule has 0 bridgehead atoms. The van der Waals surface area contributed by atoms with E-state index in [1.165, 1.54) is 6.07 Å². The minimum atomic E-state index is -0.889. The van der Waals surface area contributed by atoms with E-state index in [9.17, 15) is 19.7 Å². The summed E-state index contributed by atoms with van der Waals surface area (Å²) >= 11 is 0. The summed E-state index contributed by atoms with van der Waals surface area (Å²) in [4.78, 5) is 34.4. The summed E-state index contributed by atoms with van der Waals surface area (Å²) in [6, 6.07) is 13.1. The molecule has 1 unspecified atom stereocenters. The van der Waals surface area contributed by atoms with E-state index in [0.717, 1.165) is 0 Å². The molecule has 2 aromatic carbocycles. The first-order valence-corrected chi connectivity index (χ1v) is 8.49. The zero-order valence-electron chi connectivity index (χ0n) is 14.7. The topological polar surface area (TPSA) is 132 Å². The van der Waals surface area contributed by atoms with Gasteiger partial charge in [-0.25, -0.2) is 0 Å². The second-order valence-corrected chi connectivity index (χ2v) is 5.85. The number of fused-ring (bicyclic) bond motifs is 1. The van der Waals surface area contributed by atoms with Crippen LogP contribution >= 0.6 is 0 Å². The van der Waals surface area contributed by atoms with Gasteiger partial charge in [0.15, 0.2) is 11.5 Å². The first-order valence-electron chi connectivity index (χ1n) is 8.49. The van der Waals surface area contributed by atoms with Crippen LogP contribution in [0, 0.1) is 10.1 Å². The van der Waals surface area contributed by atoms with Crippen molar-refractivity contribution in [1.82, 2.24) is 10.9 Å². The molecule has 3 rings (SSSR count). The molecular weight excluding hydrogens is 368 g/mol. The summed E-state index contributed by atoms with van der Waals surface area (Å²) < 4.78 is 11.0. The number of hydrogen-bond acceptors (Lipinski definition) is 7. The van der Waals surface area contributed by atoms with Gasteiger partial charge in [0.25, 0.3) is 11.6 Å². The van der Waals surface area contributed by atoms with Crippen molar-refractivity contribution in [3.63, 3.8) is 0 Å². The zero-order valence-corrected chi connectivity index (χ0v) is 14.7. The van der Waals surface area contributed by atoms with E-state index in [4.69, 9.17) is 9.47 Å². The number of carbonyl (C=O) groups is 2. The normalized spacial score (nSPS) is 14.6.